The Morgan fingerprint density at radius 1 is 0.878 bits per heavy atom. The highest BCUT2D eigenvalue weighted by Gasteiger charge is 2.17. The van der Waals surface area contributed by atoms with Gasteiger partial charge in [0.05, 0.1) is 12.7 Å². The Bertz CT molecular complexity index is 1180. The van der Waals surface area contributed by atoms with Gasteiger partial charge in [-0.3, -0.25) is 9.59 Å². The van der Waals surface area contributed by atoms with E-state index in [0.717, 1.165) is 30.0 Å². The Kier molecular flexibility index (Phi) is 14.7. The first kappa shape index (κ1) is 33.6. The summed E-state index contributed by atoms with van der Waals surface area (Å²) in [5, 5.41) is 12.9. The molecule has 0 aliphatic rings. The van der Waals surface area contributed by atoms with E-state index in [0.29, 0.717) is 49.4 Å². The van der Waals surface area contributed by atoms with Crippen LogP contribution in [0.3, 0.4) is 0 Å². The molecule has 3 aromatic rings. The van der Waals surface area contributed by atoms with Gasteiger partial charge in [-0.05, 0) is 80.1 Å². The molecule has 0 aliphatic carbocycles. The first-order chi connectivity index (χ1) is 19.6. The van der Waals surface area contributed by atoms with Gasteiger partial charge >= 0.3 is 0 Å². The number of aliphatic hydroxyl groups excluding tert-OH is 1. The SMILES string of the molecule is CCCN(CCC)C(=O)c1cc(C)cc(C(=O)NCC(O)CCOCc2ccccc2)c1.Cc1cc(F)cc(F)c1. The number of benzene rings is 3. The number of nitrogens with one attached hydrogen (secondary N) is 1. The highest BCUT2D eigenvalue weighted by atomic mass is 19.1. The van der Waals surface area contributed by atoms with Crippen LogP contribution in [0.25, 0.3) is 0 Å². The predicted octanol–water partition coefficient (Wildman–Crippen LogP) is 6.23. The van der Waals surface area contributed by atoms with Gasteiger partial charge in [-0.25, -0.2) is 8.78 Å². The van der Waals surface area contributed by atoms with E-state index in [2.05, 4.69) is 5.32 Å². The average Bonchev–Trinajstić information content (AvgIpc) is 2.93. The molecule has 3 aromatic carbocycles. The number of ether oxygens (including phenoxy) is 1. The fraction of sp³-hybridized carbons (Fsp3) is 0.394. The molecule has 0 aliphatic heterocycles. The molecule has 0 radical (unpaired) electrons. The van der Waals surface area contributed by atoms with Gasteiger partial charge in [-0.2, -0.15) is 0 Å². The van der Waals surface area contributed by atoms with Gasteiger partial charge in [0.15, 0.2) is 0 Å². The maximum atomic E-state index is 12.9. The number of aryl methyl sites for hydroxylation is 2. The zero-order valence-electron chi connectivity index (χ0n) is 24.5. The van der Waals surface area contributed by atoms with Crippen LogP contribution >= 0.6 is 0 Å². The Morgan fingerprint density at radius 3 is 2.05 bits per heavy atom. The van der Waals surface area contributed by atoms with Crippen molar-refractivity contribution in [3.05, 3.63) is 106 Å². The number of amides is 2. The van der Waals surface area contributed by atoms with Crippen molar-refractivity contribution in [2.24, 2.45) is 0 Å². The summed E-state index contributed by atoms with van der Waals surface area (Å²) in [5.74, 6) is -1.40. The van der Waals surface area contributed by atoms with E-state index in [9.17, 15) is 23.5 Å². The molecule has 0 saturated heterocycles. The van der Waals surface area contributed by atoms with Gasteiger partial charge in [-0.1, -0.05) is 44.2 Å². The summed E-state index contributed by atoms with van der Waals surface area (Å²) in [7, 11) is 0. The van der Waals surface area contributed by atoms with Gasteiger partial charge in [-0.15, -0.1) is 0 Å². The molecule has 0 fully saturated rings. The highest BCUT2D eigenvalue weighted by Crippen LogP contribution is 2.14. The summed E-state index contributed by atoms with van der Waals surface area (Å²) in [6.45, 7) is 10.0. The van der Waals surface area contributed by atoms with Crippen molar-refractivity contribution in [1.29, 1.82) is 0 Å². The Hall–Kier alpha value is -3.62. The number of halogens is 2. The number of aliphatic hydroxyl groups is 1. The molecule has 2 amide bonds. The van der Waals surface area contributed by atoms with Crippen LogP contribution in [-0.4, -0.2) is 54.2 Å². The van der Waals surface area contributed by atoms with E-state index in [1.54, 1.807) is 19.1 Å². The fourth-order valence-corrected chi connectivity index (χ4v) is 4.16. The second-order valence-corrected chi connectivity index (χ2v) is 10.0. The number of hydrogen-bond donors (Lipinski definition) is 2. The largest absolute Gasteiger partial charge is 0.391 e. The van der Waals surface area contributed by atoms with Crippen molar-refractivity contribution in [2.45, 2.75) is 59.7 Å². The standard InChI is InChI=1S/C26H36N2O4.C7H6F2/c1-4-12-28(13-5-2)26(31)23-16-20(3)15-22(17-23)25(30)27-18-24(29)11-14-32-19-21-9-7-6-8-10-21;1-5-2-6(8)4-7(9)3-5/h6-10,15-17,24,29H,4-5,11-14,18-19H2,1-3H3,(H,27,30);2-4H,1H3. The third kappa shape index (κ3) is 12.6. The Morgan fingerprint density at radius 2 is 1.46 bits per heavy atom. The minimum atomic E-state index is -0.703. The molecule has 8 heteroatoms. The smallest absolute Gasteiger partial charge is 0.253 e. The topological polar surface area (TPSA) is 78.9 Å². The summed E-state index contributed by atoms with van der Waals surface area (Å²) in [6, 6.07) is 18.5. The van der Waals surface area contributed by atoms with E-state index in [-0.39, 0.29) is 18.4 Å². The zero-order valence-corrected chi connectivity index (χ0v) is 24.5. The summed E-state index contributed by atoms with van der Waals surface area (Å²) in [6.07, 6.45) is 1.49. The van der Waals surface area contributed by atoms with Crippen molar-refractivity contribution in [3.8, 4) is 0 Å². The third-order valence-corrected chi connectivity index (χ3v) is 6.07. The number of nitrogens with zero attached hydrogens (tertiary/aromatic N) is 1. The molecule has 1 atom stereocenters. The van der Waals surface area contributed by atoms with Gasteiger partial charge < -0.3 is 20.1 Å². The van der Waals surface area contributed by atoms with Gasteiger partial charge in [0.2, 0.25) is 0 Å². The summed E-state index contributed by atoms with van der Waals surface area (Å²) in [5.41, 5.74) is 3.48. The summed E-state index contributed by atoms with van der Waals surface area (Å²) < 4.78 is 30.0. The molecule has 6 nitrogen and oxygen atoms in total. The van der Waals surface area contributed by atoms with Gasteiger partial charge in [0.25, 0.3) is 11.8 Å². The monoisotopic (exact) mass is 568 g/mol. The first-order valence-corrected chi connectivity index (χ1v) is 14.0. The van der Waals surface area contributed by atoms with Gasteiger partial charge in [0, 0.05) is 43.4 Å². The first-order valence-electron chi connectivity index (χ1n) is 14.0. The van der Waals surface area contributed by atoms with Crippen molar-refractivity contribution < 1.29 is 28.2 Å². The second kappa shape index (κ2) is 17.9. The van der Waals surface area contributed by atoms with E-state index in [1.165, 1.54) is 12.1 Å². The molecule has 222 valence electrons. The quantitative estimate of drug-likeness (QED) is 0.240. The van der Waals surface area contributed by atoms with E-state index in [4.69, 9.17) is 4.74 Å². The number of rotatable bonds is 13. The Balaban J connectivity index is 0.000000553. The van der Waals surface area contributed by atoms with Crippen LogP contribution < -0.4 is 5.32 Å². The Labute approximate surface area is 242 Å². The lowest BCUT2D eigenvalue weighted by atomic mass is 10.0. The molecule has 2 N–H and O–H groups in total. The number of hydrogen-bond acceptors (Lipinski definition) is 4. The van der Waals surface area contributed by atoms with Crippen LogP contribution in [0.5, 0.6) is 0 Å². The molecule has 0 heterocycles. The van der Waals surface area contributed by atoms with Crippen LogP contribution in [0.4, 0.5) is 8.78 Å². The molecular formula is C33H42F2N2O4. The molecule has 1 unspecified atom stereocenters. The molecular weight excluding hydrogens is 526 g/mol. The lowest BCUT2D eigenvalue weighted by molar-refractivity contribution is 0.0694. The lowest BCUT2D eigenvalue weighted by Gasteiger charge is -2.22. The van der Waals surface area contributed by atoms with Crippen LogP contribution in [0, 0.1) is 25.5 Å². The van der Waals surface area contributed by atoms with E-state index < -0.39 is 17.7 Å². The van der Waals surface area contributed by atoms with Crippen LogP contribution in [0.1, 0.15) is 70.5 Å². The number of carbonyl (C=O) groups is 2. The lowest BCUT2D eigenvalue weighted by Crippen LogP contribution is -2.34. The predicted molar refractivity (Wildman–Crippen MR) is 158 cm³/mol. The van der Waals surface area contributed by atoms with Crippen LogP contribution in [-0.2, 0) is 11.3 Å². The molecule has 41 heavy (non-hydrogen) atoms. The van der Waals surface area contributed by atoms with Gasteiger partial charge in [0.1, 0.15) is 11.6 Å². The normalized spacial score (nSPS) is 11.3. The third-order valence-electron chi connectivity index (χ3n) is 6.07. The maximum absolute atomic E-state index is 12.9. The zero-order chi connectivity index (χ0) is 30.2. The van der Waals surface area contributed by atoms with Crippen molar-refractivity contribution in [3.63, 3.8) is 0 Å². The number of carbonyl (C=O) groups excluding carboxylic acids is 2. The van der Waals surface area contributed by atoms with E-state index >= 15 is 0 Å². The second-order valence-electron chi connectivity index (χ2n) is 10.0. The van der Waals surface area contributed by atoms with Crippen molar-refractivity contribution in [2.75, 3.05) is 26.2 Å². The molecule has 0 saturated carbocycles. The molecule has 0 bridgehead atoms. The van der Waals surface area contributed by atoms with E-state index in [1.807, 2.05) is 62.1 Å². The average molecular weight is 569 g/mol. The minimum absolute atomic E-state index is 0.0537. The summed E-state index contributed by atoms with van der Waals surface area (Å²) >= 11 is 0. The highest BCUT2D eigenvalue weighted by molar-refractivity contribution is 6.00. The molecule has 0 aromatic heterocycles. The van der Waals surface area contributed by atoms with Crippen LogP contribution in [0.2, 0.25) is 0 Å². The molecule has 0 spiro atoms. The van der Waals surface area contributed by atoms with Crippen LogP contribution in [0.15, 0.2) is 66.7 Å². The summed E-state index contributed by atoms with van der Waals surface area (Å²) in [4.78, 5) is 27.4. The van der Waals surface area contributed by atoms with Crippen molar-refractivity contribution >= 4 is 11.8 Å². The maximum Gasteiger partial charge on any atom is 0.253 e. The van der Waals surface area contributed by atoms with Crippen molar-refractivity contribution in [1.82, 2.24) is 10.2 Å². The fourth-order valence-electron chi connectivity index (χ4n) is 4.16. The molecule has 3 rings (SSSR count). The minimum Gasteiger partial charge on any atom is -0.391 e.